The van der Waals surface area contributed by atoms with Crippen molar-refractivity contribution in [2.24, 2.45) is 0 Å². The lowest BCUT2D eigenvalue weighted by Crippen LogP contribution is -2.30. The molecular formula is C13H18N2O5S. The summed E-state index contributed by atoms with van der Waals surface area (Å²) in [6.07, 6.45) is -1.88. The highest BCUT2D eigenvalue weighted by atomic mass is 32.2. The summed E-state index contributed by atoms with van der Waals surface area (Å²) in [5, 5.41) is 18.9. The van der Waals surface area contributed by atoms with Gasteiger partial charge in [0.15, 0.2) is 0 Å². The number of β-amino-alcohol motifs (C(OH)–C–C–N with tert-alkyl or cyclic N) is 2. The van der Waals surface area contributed by atoms with Crippen LogP contribution in [0.15, 0.2) is 29.2 Å². The van der Waals surface area contributed by atoms with Crippen molar-refractivity contribution in [3.63, 3.8) is 0 Å². The van der Waals surface area contributed by atoms with Gasteiger partial charge in [0, 0.05) is 25.2 Å². The summed E-state index contributed by atoms with van der Waals surface area (Å²) in [7, 11) is -3.54. The monoisotopic (exact) mass is 314 g/mol. The second-order valence-electron chi connectivity index (χ2n) is 4.87. The molecule has 3 N–H and O–H groups in total. The summed E-state index contributed by atoms with van der Waals surface area (Å²) >= 11 is 0. The standard InChI is InChI=1S/C13H18N2O5S/c1-2-14-21(19,20)10-5-3-9(4-6-10)13(18)15-7-11(16)12(17)8-15/h3-6,11-12,14,16-17H,2,7-8H2,1H3/t11-,12+. The number of nitrogens with zero attached hydrogens (tertiary/aromatic N) is 1. The number of nitrogens with one attached hydrogen (secondary N) is 1. The van der Waals surface area contributed by atoms with E-state index < -0.39 is 22.2 Å². The van der Waals surface area contributed by atoms with E-state index in [4.69, 9.17) is 0 Å². The topological polar surface area (TPSA) is 107 Å². The van der Waals surface area contributed by atoms with E-state index in [0.29, 0.717) is 5.56 Å². The minimum atomic E-state index is -3.54. The molecule has 0 bridgehead atoms. The van der Waals surface area contributed by atoms with Gasteiger partial charge in [0.25, 0.3) is 5.91 Å². The van der Waals surface area contributed by atoms with E-state index in [1.807, 2.05) is 0 Å². The Bertz CT molecular complexity index is 604. The van der Waals surface area contributed by atoms with Gasteiger partial charge in [-0.15, -0.1) is 0 Å². The van der Waals surface area contributed by atoms with E-state index in [0.717, 1.165) is 0 Å². The summed E-state index contributed by atoms with van der Waals surface area (Å²) in [5.41, 5.74) is 0.312. The number of carbonyl (C=O) groups is 1. The number of sulfonamides is 1. The Morgan fingerprint density at radius 1 is 1.24 bits per heavy atom. The third kappa shape index (κ3) is 3.41. The Hall–Kier alpha value is -1.48. The summed E-state index contributed by atoms with van der Waals surface area (Å²) in [5.74, 6) is -0.349. The fourth-order valence-corrected chi connectivity index (χ4v) is 3.21. The van der Waals surface area contributed by atoms with Crippen molar-refractivity contribution in [3.05, 3.63) is 29.8 Å². The molecule has 116 valence electrons. The Labute approximate surface area is 123 Å². The second-order valence-corrected chi connectivity index (χ2v) is 6.64. The lowest BCUT2D eigenvalue weighted by molar-refractivity contribution is 0.0572. The van der Waals surface area contributed by atoms with Crippen LogP contribution in [0.2, 0.25) is 0 Å². The van der Waals surface area contributed by atoms with E-state index >= 15 is 0 Å². The van der Waals surface area contributed by atoms with E-state index in [1.54, 1.807) is 6.92 Å². The number of rotatable bonds is 4. The quantitative estimate of drug-likeness (QED) is 0.672. The van der Waals surface area contributed by atoms with Crippen molar-refractivity contribution in [2.45, 2.75) is 24.0 Å². The van der Waals surface area contributed by atoms with Gasteiger partial charge in [-0.2, -0.15) is 0 Å². The van der Waals surface area contributed by atoms with Crippen molar-refractivity contribution in [3.8, 4) is 0 Å². The van der Waals surface area contributed by atoms with Crippen LogP contribution >= 0.6 is 0 Å². The van der Waals surface area contributed by atoms with E-state index in [9.17, 15) is 23.4 Å². The van der Waals surface area contributed by atoms with Gasteiger partial charge in [-0.05, 0) is 24.3 Å². The Morgan fingerprint density at radius 3 is 2.24 bits per heavy atom. The number of hydrogen-bond donors (Lipinski definition) is 3. The number of hydrogen-bond acceptors (Lipinski definition) is 5. The Balaban J connectivity index is 2.14. The first-order chi connectivity index (χ1) is 9.85. The minimum absolute atomic E-state index is 0.0669. The van der Waals surface area contributed by atoms with Crippen LogP contribution in [0.5, 0.6) is 0 Å². The smallest absolute Gasteiger partial charge is 0.254 e. The Kier molecular flexibility index (Phi) is 4.62. The molecule has 7 nitrogen and oxygen atoms in total. The van der Waals surface area contributed by atoms with Crippen LogP contribution in [0.1, 0.15) is 17.3 Å². The number of aliphatic hydroxyl groups is 2. The van der Waals surface area contributed by atoms with Crippen molar-refractivity contribution < 1.29 is 23.4 Å². The van der Waals surface area contributed by atoms with Crippen LogP contribution in [0.4, 0.5) is 0 Å². The molecule has 1 saturated heterocycles. The van der Waals surface area contributed by atoms with Gasteiger partial charge in [-0.25, -0.2) is 13.1 Å². The maximum atomic E-state index is 12.2. The molecule has 1 aromatic rings. The predicted molar refractivity (Wildman–Crippen MR) is 75.2 cm³/mol. The van der Waals surface area contributed by atoms with Gasteiger partial charge in [0.1, 0.15) is 0 Å². The summed E-state index contributed by atoms with van der Waals surface area (Å²) in [4.78, 5) is 13.6. The zero-order valence-electron chi connectivity index (χ0n) is 11.6. The maximum absolute atomic E-state index is 12.2. The van der Waals surface area contributed by atoms with Crippen molar-refractivity contribution in [1.29, 1.82) is 0 Å². The van der Waals surface area contributed by atoms with Gasteiger partial charge in [0.2, 0.25) is 10.0 Å². The molecule has 0 aliphatic carbocycles. The van der Waals surface area contributed by atoms with Crippen LogP contribution in [0.25, 0.3) is 0 Å². The third-order valence-corrected chi connectivity index (χ3v) is 4.85. The number of likely N-dealkylation sites (tertiary alicyclic amines) is 1. The van der Waals surface area contributed by atoms with Gasteiger partial charge >= 0.3 is 0 Å². The first kappa shape index (κ1) is 15.9. The van der Waals surface area contributed by atoms with E-state index in [1.165, 1.54) is 29.2 Å². The van der Waals surface area contributed by atoms with Crippen LogP contribution in [0.3, 0.4) is 0 Å². The molecule has 0 saturated carbocycles. The fourth-order valence-electron chi connectivity index (χ4n) is 2.17. The van der Waals surface area contributed by atoms with Crippen molar-refractivity contribution in [2.75, 3.05) is 19.6 Å². The number of amides is 1. The van der Waals surface area contributed by atoms with Gasteiger partial charge in [-0.3, -0.25) is 4.79 Å². The van der Waals surface area contributed by atoms with Crippen LogP contribution in [-0.4, -0.2) is 61.3 Å². The van der Waals surface area contributed by atoms with E-state index in [2.05, 4.69) is 4.72 Å². The number of aliphatic hydroxyl groups excluding tert-OH is 2. The first-order valence-electron chi connectivity index (χ1n) is 6.60. The van der Waals surface area contributed by atoms with Gasteiger partial charge < -0.3 is 15.1 Å². The largest absolute Gasteiger partial charge is 0.388 e. The molecule has 0 radical (unpaired) electrons. The summed E-state index contributed by atoms with van der Waals surface area (Å²) in [6, 6.07) is 5.55. The molecule has 1 amide bonds. The third-order valence-electron chi connectivity index (χ3n) is 3.29. The summed E-state index contributed by atoms with van der Waals surface area (Å²) < 4.78 is 25.9. The zero-order chi connectivity index (χ0) is 15.6. The van der Waals surface area contributed by atoms with Gasteiger partial charge in [0.05, 0.1) is 17.1 Å². The van der Waals surface area contributed by atoms with E-state index in [-0.39, 0.29) is 30.4 Å². The lowest BCUT2D eigenvalue weighted by atomic mass is 10.2. The average Bonchev–Trinajstić information content (AvgIpc) is 2.78. The molecule has 1 aromatic carbocycles. The second kappa shape index (κ2) is 6.10. The Morgan fingerprint density at radius 2 is 1.76 bits per heavy atom. The molecular weight excluding hydrogens is 296 g/mol. The SMILES string of the molecule is CCNS(=O)(=O)c1ccc(C(=O)N2C[C@@H](O)[C@@H](O)C2)cc1. The van der Waals surface area contributed by atoms with Crippen LogP contribution in [0, 0.1) is 0 Å². The zero-order valence-corrected chi connectivity index (χ0v) is 12.4. The highest BCUT2D eigenvalue weighted by Gasteiger charge is 2.32. The molecule has 1 heterocycles. The average molecular weight is 314 g/mol. The molecule has 0 spiro atoms. The number of carbonyl (C=O) groups excluding carboxylic acids is 1. The molecule has 21 heavy (non-hydrogen) atoms. The first-order valence-corrected chi connectivity index (χ1v) is 8.08. The van der Waals surface area contributed by atoms with Crippen LogP contribution < -0.4 is 4.72 Å². The predicted octanol–water partition coefficient (Wildman–Crippen LogP) is -0.838. The van der Waals surface area contributed by atoms with Crippen molar-refractivity contribution >= 4 is 15.9 Å². The molecule has 0 aromatic heterocycles. The highest BCUT2D eigenvalue weighted by Crippen LogP contribution is 2.16. The highest BCUT2D eigenvalue weighted by molar-refractivity contribution is 7.89. The molecule has 0 unspecified atom stereocenters. The normalized spacial score (nSPS) is 22.5. The van der Waals surface area contributed by atoms with Crippen molar-refractivity contribution in [1.82, 2.24) is 9.62 Å². The maximum Gasteiger partial charge on any atom is 0.254 e. The lowest BCUT2D eigenvalue weighted by Gasteiger charge is -2.15. The molecule has 8 heteroatoms. The van der Waals surface area contributed by atoms with Crippen LogP contribution in [-0.2, 0) is 10.0 Å². The molecule has 2 rings (SSSR count). The minimum Gasteiger partial charge on any atom is -0.388 e. The summed E-state index contributed by atoms with van der Waals surface area (Å²) in [6.45, 7) is 2.10. The molecule has 2 atom stereocenters. The molecule has 1 aliphatic rings. The molecule has 1 aliphatic heterocycles. The van der Waals surface area contributed by atoms with Gasteiger partial charge in [-0.1, -0.05) is 6.92 Å². The fraction of sp³-hybridized carbons (Fsp3) is 0.462. The molecule has 1 fully saturated rings. The number of benzene rings is 1.